The molecule has 3 fully saturated rings. The van der Waals surface area contributed by atoms with Gasteiger partial charge in [0.05, 0.1) is 29.1 Å². The monoisotopic (exact) mass is 861 g/mol. The van der Waals surface area contributed by atoms with E-state index in [1.165, 1.54) is 17.0 Å². The Bertz CT molecular complexity index is 2210. The molecule has 3 aliphatic heterocycles. The summed E-state index contributed by atoms with van der Waals surface area (Å²) in [5.74, 6) is -2.18. The molecular weight excluding hydrogens is 808 g/mol. The zero-order valence-electron chi connectivity index (χ0n) is 34.6. The van der Waals surface area contributed by atoms with Gasteiger partial charge in [0.1, 0.15) is 34.7 Å². The lowest BCUT2D eigenvalue weighted by molar-refractivity contribution is -0.153. The first-order valence-electron chi connectivity index (χ1n) is 20.6. The van der Waals surface area contributed by atoms with Gasteiger partial charge in [-0.15, -0.1) is 0 Å². The van der Waals surface area contributed by atoms with Crippen molar-refractivity contribution in [3.05, 3.63) is 41.6 Å². The molecule has 5 aliphatic rings. The van der Waals surface area contributed by atoms with E-state index in [9.17, 15) is 40.8 Å². The van der Waals surface area contributed by atoms with Crippen molar-refractivity contribution in [2.24, 2.45) is 11.3 Å². The molecule has 2 aliphatic carbocycles. The third-order valence-electron chi connectivity index (χ3n) is 12.3. The van der Waals surface area contributed by atoms with E-state index in [2.05, 4.69) is 20.3 Å². The van der Waals surface area contributed by atoms with Crippen LogP contribution in [0.25, 0.3) is 10.9 Å². The first-order valence-corrected chi connectivity index (χ1v) is 22.1. The molecule has 1 saturated heterocycles. The third kappa shape index (κ3) is 9.17. The van der Waals surface area contributed by atoms with Gasteiger partial charge >= 0.3 is 12.3 Å². The minimum atomic E-state index is -4.53. The Kier molecular flexibility index (Phi) is 11.4. The Hall–Kier alpha value is -4.61. The first kappa shape index (κ1) is 43.5. The van der Waals surface area contributed by atoms with Gasteiger partial charge in [-0.1, -0.05) is 45.8 Å². The van der Waals surface area contributed by atoms with E-state index in [0.29, 0.717) is 72.9 Å². The molecule has 0 bridgehead atoms. The molecule has 0 unspecified atom stereocenters. The number of ether oxygens (including phenoxy) is 3. The molecule has 328 valence electrons. The molecule has 14 nitrogen and oxygen atoms in total. The van der Waals surface area contributed by atoms with E-state index in [0.717, 1.165) is 6.42 Å². The van der Waals surface area contributed by atoms with Crippen LogP contribution in [0.2, 0.25) is 0 Å². The van der Waals surface area contributed by atoms with Crippen molar-refractivity contribution in [1.29, 1.82) is 0 Å². The number of halogens is 3. The number of amides is 4. The number of hydrogen-bond acceptors (Lipinski definition) is 10. The largest absolute Gasteiger partial charge is 0.484 e. The number of fused-ring (bicyclic) bond motifs is 5. The summed E-state index contributed by atoms with van der Waals surface area (Å²) >= 11 is 0. The number of carbonyl (C=O) groups is 4. The second-order valence-corrected chi connectivity index (χ2v) is 20.8. The number of benzene rings is 1. The number of allylic oxidation sites excluding steroid dienone is 1. The van der Waals surface area contributed by atoms with E-state index in [1.807, 2.05) is 32.9 Å². The van der Waals surface area contributed by atoms with E-state index in [4.69, 9.17) is 14.2 Å². The Morgan fingerprint density at radius 2 is 1.82 bits per heavy atom. The highest BCUT2D eigenvalue weighted by molar-refractivity contribution is 7.91. The molecule has 60 heavy (non-hydrogen) atoms. The number of hydrogen-bond donors (Lipinski definition) is 3. The molecule has 2 saturated carbocycles. The molecular formula is C42H54F3N5O9S. The summed E-state index contributed by atoms with van der Waals surface area (Å²) in [6, 6.07) is 2.21. The van der Waals surface area contributed by atoms with E-state index in [1.54, 1.807) is 19.9 Å². The second kappa shape index (κ2) is 15.7. The minimum Gasteiger partial charge on any atom is -0.484 e. The van der Waals surface area contributed by atoms with Crippen LogP contribution in [0.5, 0.6) is 11.5 Å². The molecule has 5 atom stereocenters. The second-order valence-electron chi connectivity index (χ2n) is 18.6. The number of alkyl halides is 3. The number of carbonyl (C=O) groups excluding carboxylic acids is 4. The summed E-state index contributed by atoms with van der Waals surface area (Å²) in [4.78, 5) is 62.6. The van der Waals surface area contributed by atoms with Crippen molar-refractivity contribution in [1.82, 2.24) is 25.2 Å². The maximum absolute atomic E-state index is 14.8. The van der Waals surface area contributed by atoms with Crippen LogP contribution in [-0.4, -0.2) is 96.0 Å². The van der Waals surface area contributed by atoms with Gasteiger partial charge in [-0.05, 0) is 88.8 Å². The smallest absolute Gasteiger partial charge is 0.422 e. The van der Waals surface area contributed by atoms with E-state index >= 15 is 0 Å². The number of alkyl carbamates (subject to hydrolysis) is 1. The molecule has 4 heterocycles. The van der Waals surface area contributed by atoms with E-state index in [-0.39, 0.29) is 43.6 Å². The number of nitrogens with zero attached hydrogens (tertiary/aromatic N) is 2. The average molecular weight is 862 g/mol. The first-order chi connectivity index (χ1) is 28.0. The highest BCUT2D eigenvalue weighted by atomic mass is 32.2. The van der Waals surface area contributed by atoms with Gasteiger partial charge in [0, 0.05) is 23.3 Å². The van der Waals surface area contributed by atoms with Crippen LogP contribution in [-0.2, 0) is 35.6 Å². The van der Waals surface area contributed by atoms with Crippen LogP contribution in [0.4, 0.5) is 18.0 Å². The van der Waals surface area contributed by atoms with Gasteiger partial charge in [0.2, 0.25) is 21.8 Å². The zero-order valence-corrected chi connectivity index (χ0v) is 35.4. The lowest BCUT2D eigenvalue weighted by Gasteiger charge is -2.36. The summed E-state index contributed by atoms with van der Waals surface area (Å²) in [6.07, 6.45) is 2.96. The highest BCUT2D eigenvalue weighted by Crippen LogP contribution is 2.49. The van der Waals surface area contributed by atoms with Crippen molar-refractivity contribution in [2.75, 3.05) is 19.8 Å². The van der Waals surface area contributed by atoms with Crippen LogP contribution in [0.1, 0.15) is 103 Å². The summed E-state index contributed by atoms with van der Waals surface area (Å²) in [5.41, 5.74) is -1.37. The number of pyridine rings is 1. The molecule has 4 amide bonds. The van der Waals surface area contributed by atoms with Crippen LogP contribution in [0.3, 0.4) is 0 Å². The Morgan fingerprint density at radius 3 is 2.52 bits per heavy atom. The van der Waals surface area contributed by atoms with Crippen molar-refractivity contribution >= 4 is 44.7 Å². The van der Waals surface area contributed by atoms with Gasteiger partial charge in [-0.2, -0.15) is 13.2 Å². The molecule has 18 heteroatoms. The minimum absolute atomic E-state index is 0.00629. The highest BCUT2D eigenvalue weighted by Gasteiger charge is 2.64. The molecule has 0 radical (unpaired) electrons. The fraction of sp³-hybridized carbons (Fsp3) is 0.643. The normalized spacial score (nSPS) is 28.5. The maximum Gasteiger partial charge on any atom is 0.422 e. The average Bonchev–Trinajstić information content (AvgIpc) is 4.06. The van der Waals surface area contributed by atoms with Crippen molar-refractivity contribution < 1.29 is 55.0 Å². The summed E-state index contributed by atoms with van der Waals surface area (Å²) in [5, 5.41) is 6.18. The standard InChI is InChI=1S/C42H54F3N5O9S/c1-25-33-28(29-19-27(13-14-30(29)46-25)57-24-42(43,44)45)15-16-40(59-33)21-32-34(51)48-41(36(53)49-60(55,56)39(5)17-18-39)20-26(41)11-9-7-6-8-10-12-31(35(52)50(32)22-40)47-37(54)58-23-38(2,3)4/h9,11,13-14,19,26,31-32H,6-8,10,12,15-18,20-24H2,1-5H3,(H,47,54)(H,48,51)(H,49,53)/b11-9-/t26-,31+,32+,40-,41-/m1/s1. The van der Waals surface area contributed by atoms with Crippen molar-refractivity contribution in [3.63, 3.8) is 0 Å². The molecule has 1 aromatic carbocycles. The topological polar surface area (TPSA) is 182 Å². The molecule has 2 aromatic rings. The summed E-state index contributed by atoms with van der Waals surface area (Å²) in [6.45, 7) is 7.55. The van der Waals surface area contributed by atoms with Gasteiger partial charge in [-0.3, -0.25) is 19.1 Å². The predicted molar refractivity (Wildman–Crippen MR) is 213 cm³/mol. The lowest BCUT2D eigenvalue weighted by atomic mass is 9.87. The quantitative estimate of drug-likeness (QED) is 0.293. The fourth-order valence-corrected chi connectivity index (χ4v) is 9.70. The number of aryl methyl sites for hydroxylation is 2. The fourth-order valence-electron chi connectivity index (χ4n) is 8.39. The van der Waals surface area contributed by atoms with Crippen molar-refractivity contribution in [2.45, 2.75) is 139 Å². The van der Waals surface area contributed by atoms with Crippen LogP contribution in [0, 0.1) is 18.3 Å². The number of aromatic nitrogens is 1. The van der Waals surface area contributed by atoms with Crippen LogP contribution in [0.15, 0.2) is 30.4 Å². The molecule has 7 rings (SSSR count). The van der Waals surface area contributed by atoms with Crippen LogP contribution >= 0.6 is 0 Å². The lowest BCUT2D eigenvalue weighted by Crippen LogP contribution is -2.58. The van der Waals surface area contributed by atoms with Gasteiger partial charge in [-0.25, -0.2) is 18.2 Å². The van der Waals surface area contributed by atoms with Gasteiger partial charge < -0.3 is 29.7 Å². The number of sulfonamides is 1. The third-order valence-corrected chi connectivity index (χ3v) is 14.4. The molecule has 1 spiro atoms. The molecule has 3 N–H and O–H groups in total. The van der Waals surface area contributed by atoms with E-state index < -0.39 is 80.5 Å². The maximum atomic E-state index is 14.8. The predicted octanol–water partition coefficient (Wildman–Crippen LogP) is 5.68. The number of nitrogens with one attached hydrogen (secondary N) is 3. The summed E-state index contributed by atoms with van der Waals surface area (Å²) in [7, 11) is -4.05. The Morgan fingerprint density at radius 1 is 1.07 bits per heavy atom. The SMILES string of the molecule is Cc1nc2ccc(OCC(F)(F)F)cc2c2c1O[C@]1(CC2)C[C@H]2C(=O)N[C@]3(C(=O)NS(=O)(=O)C4(C)CC4)C[C@H]3/C=C\CCCCC[C@H](NC(=O)OCC(C)(C)C)C(=O)N2C1. The Labute approximate surface area is 347 Å². The van der Waals surface area contributed by atoms with Crippen LogP contribution < -0.4 is 24.8 Å². The van der Waals surface area contributed by atoms with Crippen molar-refractivity contribution in [3.8, 4) is 11.5 Å². The zero-order chi connectivity index (χ0) is 43.5. The van der Waals surface area contributed by atoms with Gasteiger partial charge in [0.15, 0.2) is 6.61 Å². The Balaban J connectivity index is 1.22. The summed E-state index contributed by atoms with van der Waals surface area (Å²) < 4.78 is 83.9. The number of rotatable bonds is 7. The van der Waals surface area contributed by atoms with Gasteiger partial charge in [0.25, 0.3) is 5.91 Å². The molecule has 1 aromatic heterocycles.